The lowest BCUT2D eigenvalue weighted by molar-refractivity contribution is 0.0691. The number of hydrogen-bond donors (Lipinski definition) is 2. The van der Waals surface area contributed by atoms with Crippen molar-refractivity contribution < 1.29 is 27.4 Å². The van der Waals surface area contributed by atoms with E-state index >= 15 is 0 Å². The van der Waals surface area contributed by atoms with Crippen molar-refractivity contribution in [3.8, 4) is 5.75 Å². The fourth-order valence-corrected chi connectivity index (χ4v) is 5.02. The Bertz CT molecular complexity index is 1050. The fourth-order valence-electron chi connectivity index (χ4n) is 3.98. The van der Waals surface area contributed by atoms with Crippen LogP contribution >= 0.6 is 0 Å². The highest BCUT2D eigenvalue weighted by atomic mass is 32.2. The molecule has 1 heterocycles. The number of methoxy groups -OCH3 is 1. The quantitative estimate of drug-likeness (QED) is 0.655. The van der Waals surface area contributed by atoms with Crippen molar-refractivity contribution in [3.63, 3.8) is 0 Å². The molecule has 2 N–H and O–H groups in total. The first-order chi connectivity index (χ1) is 14.7. The second kappa shape index (κ2) is 9.64. The van der Waals surface area contributed by atoms with Crippen LogP contribution in [0.5, 0.6) is 5.75 Å². The number of ether oxygens (including phenoxy) is 1. The van der Waals surface area contributed by atoms with Crippen LogP contribution in [0.4, 0.5) is 10.1 Å². The van der Waals surface area contributed by atoms with Crippen LogP contribution in [0.1, 0.15) is 67.4 Å². The van der Waals surface area contributed by atoms with E-state index in [0.29, 0.717) is 5.92 Å². The number of carboxylic acids is 1. The molecule has 9 heteroatoms. The van der Waals surface area contributed by atoms with Crippen LogP contribution in [-0.2, 0) is 10.0 Å². The molecule has 1 aliphatic rings. The number of benzene rings is 1. The van der Waals surface area contributed by atoms with E-state index in [1.165, 1.54) is 13.2 Å². The summed E-state index contributed by atoms with van der Waals surface area (Å²) in [7, 11) is -2.90. The minimum absolute atomic E-state index is 0.104. The highest BCUT2D eigenvalue weighted by Gasteiger charge is 2.24. The minimum atomic E-state index is -4.14. The molecule has 0 aliphatic heterocycles. The number of nitrogens with zero attached hydrogens (tertiary/aromatic N) is 1. The number of halogens is 1. The average Bonchev–Trinajstić information content (AvgIpc) is 2.70. The van der Waals surface area contributed by atoms with Crippen molar-refractivity contribution in [1.82, 2.24) is 4.98 Å². The first-order valence-electron chi connectivity index (χ1n) is 10.3. The van der Waals surface area contributed by atoms with Crippen LogP contribution < -0.4 is 9.46 Å². The van der Waals surface area contributed by atoms with Gasteiger partial charge in [-0.1, -0.05) is 38.7 Å². The maximum Gasteiger partial charge on any atom is 0.338 e. The fraction of sp³-hybridized carbons (Fsp3) is 0.455. The lowest BCUT2D eigenvalue weighted by atomic mass is 9.85. The number of rotatable bonds is 6. The van der Waals surface area contributed by atoms with E-state index in [-0.39, 0.29) is 22.4 Å². The summed E-state index contributed by atoms with van der Waals surface area (Å²) in [6, 6.07) is 6.61. The second-order valence-electron chi connectivity index (χ2n) is 8.01. The number of sulfonamides is 1. The minimum Gasteiger partial charge on any atom is -0.495 e. The number of pyridine rings is 1. The molecule has 0 amide bonds. The molecule has 1 fully saturated rings. The molecule has 0 unspecified atom stereocenters. The molecular weight excluding hydrogens is 423 g/mol. The molecule has 1 saturated carbocycles. The van der Waals surface area contributed by atoms with Crippen molar-refractivity contribution >= 4 is 21.7 Å². The molecule has 0 atom stereocenters. The molecule has 168 valence electrons. The average molecular weight is 451 g/mol. The van der Waals surface area contributed by atoms with Crippen LogP contribution in [-0.4, -0.2) is 31.6 Å². The Balaban J connectivity index is 1.87. The topological polar surface area (TPSA) is 106 Å². The zero-order valence-corrected chi connectivity index (χ0v) is 18.4. The van der Waals surface area contributed by atoms with Crippen molar-refractivity contribution in [3.05, 3.63) is 47.4 Å². The number of aromatic carboxylic acids is 1. The molecule has 3 rings (SSSR count). The largest absolute Gasteiger partial charge is 0.495 e. The SMILES string of the molecule is COc1cc(C(=O)O)c(F)cc1NS(=O)(=O)c1cccc(C2CCCC(C)CCC2)n1. The maximum atomic E-state index is 14.1. The van der Waals surface area contributed by atoms with Gasteiger partial charge in [0.05, 0.1) is 18.4 Å². The Kier molecular flexibility index (Phi) is 7.15. The van der Waals surface area contributed by atoms with E-state index < -0.39 is 27.4 Å². The zero-order chi connectivity index (χ0) is 22.6. The summed E-state index contributed by atoms with van der Waals surface area (Å²) in [5, 5.41) is 8.87. The van der Waals surface area contributed by atoms with Gasteiger partial charge in [0, 0.05) is 17.7 Å². The Hall–Kier alpha value is -2.68. The highest BCUT2D eigenvalue weighted by molar-refractivity contribution is 7.92. The standard InChI is InChI=1S/C22H27FN2O5S/c1-14-6-3-8-15(9-4-7-14)18-10-5-11-21(24-18)31(28,29)25-19-13-17(23)16(22(26)27)12-20(19)30-2/h5,10-15,25H,3-4,6-9H2,1-2H3,(H,26,27). The van der Waals surface area contributed by atoms with Crippen LogP contribution in [0.2, 0.25) is 0 Å². The smallest absolute Gasteiger partial charge is 0.338 e. The predicted octanol–water partition coefficient (Wildman–Crippen LogP) is 4.80. The molecule has 31 heavy (non-hydrogen) atoms. The van der Waals surface area contributed by atoms with E-state index in [2.05, 4.69) is 16.6 Å². The van der Waals surface area contributed by atoms with Gasteiger partial charge in [-0.05, 0) is 37.0 Å². The van der Waals surface area contributed by atoms with Crippen molar-refractivity contribution in [1.29, 1.82) is 0 Å². The van der Waals surface area contributed by atoms with Crippen molar-refractivity contribution in [2.75, 3.05) is 11.8 Å². The van der Waals surface area contributed by atoms with Gasteiger partial charge in [0.25, 0.3) is 10.0 Å². The van der Waals surface area contributed by atoms with Gasteiger partial charge >= 0.3 is 5.97 Å². The maximum absolute atomic E-state index is 14.1. The van der Waals surface area contributed by atoms with Crippen LogP contribution in [0, 0.1) is 11.7 Å². The van der Waals surface area contributed by atoms with Crippen LogP contribution in [0.25, 0.3) is 0 Å². The Labute approximate surface area is 181 Å². The molecule has 7 nitrogen and oxygen atoms in total. The summed E-state index contributed by atoms with van der Waals surface area (Å²) in [5.41, 5.74) is -0.0764. The Morgan fingerprint density at radius 2 is 1.87 bits per heavy atom. The first-order valence-corrected chi connectivity index (χ1v) is 11.8. The van der Waals surface area contributed by atoms with Gasteiger partial charge in [-0.2, -0.15) is 8.42 Å². The number of carbonyl (C=O) groups is 1. The Morgan fingerprint density at radius 3 is 2.48 bits per heavy atom. The number of aromatic nitrogens is 1. The highest BCUT2D eigenvalue weighted by Crippen LogP contribution is 2.33. The van der Waals surface area contributed by atoms with E-state index in [4.69, 9.17) is 9.84 Å². The van der Waals surface area contributed by atoms with E-state index in [1.54, 1.807) is 6.07 Å². The summed E-state index contributed by atoms with van der Waals surface area (Å²) in [5.74, 6) is -1.74. The normalized spacial score (nSPS) is 19.8. The molecule has 0 radical (unpaired) electrons. The lowest BCUT2D eigenvalue weighted by Crippen LogP contribution is -2.17. The van der Waals surface area contributed by atoms with Crippen molar-refractivity contribution in [2.24, 2.45) is 5.92 Å². The van der Waals surface area contributed by atoms with Crippen LogP contribution in [0.15, 0.2) is 35.4 Å². The molecule has 0 bridgehead atoms. The van der Waals surface area contributed by atoms with Gasteiger partial charge in [-0.15, -0.1) is 0 Å². The number of carboxylic acid groups (broad SMARTS) is 1. The van der Waals surface area contributed by atoms with Gasteiger partial charge in [0.2, 0.25) is 0 Å². The lowest BCUT2D eigenvalue weighted by Gasteiger charge is -2.22. The predicted molar refractivity (Wildman–Crippen MR) is 115 cm³/mol. The van der Waals surface area contributed by atoms with Gasteiger partial charge in [-0.3, -0.25) is 4.72 Å². The summed E-state index contributed by atoms with van der Waals surface area (Å²) >= 11 is 0. The van der Waals surface area contributed by atoms with Crippen LogP contribution in [0.3, 0.4) is 0 Å². The molecule has 1 aromatic heterocycles. The number of nitrogens with one attached hydrogen (secondary N) is 1. The Morgan fingerprint density at radius 1 is 1.19 bits per heavy atom. The molecular formula is C22H27FN2O5S. The molecule has 0 spiro atoms. The third kappa shape index (κ3) is 5.52. The molecule has 2 aromatic rings. The third-order valence-corrected chi connectivity index (χ3v) is 6.97. The third-order valence-electron chi connectivity index (χ3n) is 5.70. The monoisotopic (exact) mass is 450 g/mol. The van der Waals surface area contributed by atoms with Gasteiger partial charge in [0.1, 0.15) is 11.6 Å². The van der Waals surface area contributed by atoms with Gasteiger partial charge < -0.3 is 9.84 Å². The summed E-state index contributed by atoms with van der Waals surface area (Å²) in [6.45, 7) is 2.26. The molecule has 0 saturated heterocycles. The number of anilines is 1. The van der Waals surface area contributed by atoms with E-state index in [0.717, 1.165) is 56.4 Å². The van der Waals surface area contributed by atoms with E-state index in [1.807, 2.05) is 6.07 Å². The van der Waals surface area contributed by atoms with Gasteiger partial charge in [0.15, 0.2) is 5.03 Å². The summed E-state index contributed by atoms with van der Waals surface area (Å²) in [4.78, 5) is 15.5. The first kappa shape index (κ1) is 23.0. The van der Waals surface area contributed by atoms with E-state index in [9.17, 15) is 17.6 Å². The summed E-state index contributed by atoms with van der Waals surface area (Å²) < 4.78 is 47.3. The summed E-state index contributed by atoms with van der Waals surface area (Å²) in [6.07, 6.45) is 6.40. The van der Waals surface area contributed by atoms with Crippen molar-refractivity contribution in [2.45, 2.75) is 56.4 Å². The molecule has 1 aromatic carbocycles. The molecule has 1 aliphatic carbocycles. The second-order valence-corrected chi connectivity index (χ2v) is 9.64. The zero-order valence-electron chi connectivity index (χ0n) is 17.6. The van der Waals surface area contributed by atoms with Gasteiger partial charge in [-0.25, -0.2) is 14.2 Å². The number of hydrogen-bond acceptors (Lipinski definition) is 5.